The molecule has 1 aliphatic rings. The van der Waals surface area contributed by atoms with Gasteiger partial charge in [0.1, 0.15) is 5.78 Å². The smallest absolute Gasteiger partial charge is 0.303 e. The molecule has 1 amide bonds. The van der Waals surface area contributed by atoms with Crippen LogP contribution in [0, 0.1) is 5.41 Å². The van der Waals surface area contributed by atoms with E-state index in [2.05, 4.69) is 5.32 Å². The van der Waals surface area contributed by atoms with Crippen LogP contribution < -0.4 is 5.32 Å². The Balaban J connectivity index is 0. The zero-order valence-electron chi connectivity index (χ0n) is 15.4. The topological polar surface area (TPSA) is 92.7 Å². The average Bonchev–Trinajstić information content (AvgIpc) is 2.50. The van der Waals surface area contributed by atoms with E-state index in [1.807, 2.05) is 34.6 Å². The van der Waals surface area contributed by atoms with Crippen LogP contribution in [0.1, 0.15) is 66.7 Å². The highest BCUT2D eigenvalue weighted by molar-refractivity contribution is 5.79. The zero-order chi connectivity index (χ0) is 18.5. The summed E-state index contributed by atoms with van der Waals surface area (Å²) in [5.74, 6) is -0.695. The van der Waals surface area contributed by atoms with Crippen molar-refractivity contribution in [2.45, 2.75) is 72.3 Å². The number of carbonyl (C=O) groups excluding carboxylic acids is 2. The van der Waals surface area contributed by atoms with Crippen molar-refractivity contribution in [3.8, 4) is 0 Å². The van der Waals surface area contributed by atoms with Gasteiger partial charge in [0, 0.05) is 26.5 Å². The second-order valence-electron chi connectivity index (χ2n) is 6.42. The molecule has 23 heavy (non-hydrogen) atoms. The number of carboxylic acid groups (broad SMARTS) is 1. The number of Topliss-reactive ketones (excluding diaryl/α,β-unsaturated/α-hetero) is 1. The largest absolute Gasteiger partial charge is 0.481 e. The quantitative estimate of drug-likeness (QED) is 0.756. The van der Waals surface area contributed by atoms with Crippen molar-refractivity contribution in [1.29, 1.82) is 0 Å². The molecule has 0 aromatic carbocycles. The number of carboxylic acids is 1. The van der Waals surface area contributed by atoms with E-state index in [9.17, 15) is 14.4 Å². The van der Waals surface area contributed by atoms with Gasteiger partial charge in [0.05, 0.1) is 12.0 Å². The average molecular weight is 331 g/mol. The number of hydrogen-bond donors (Lipinski definition) is 2. The SMILES string of the molecule is CC.COC(C)(C)C.O=CNCC1(CC(=O)O)CCC(=O)CC1. The number of ketones is 1. The Morgan fingerprint density at radius 1 is 1.30 bits per heavy atom. The molecule has 0 atom stereocenters. The van der Waals surface area contributed by atoms with Gasteiger partial charge in [-0.15, -0.1) is 0 Å². The number of methoxy groups -OCH3 is 1. The standard InChI is InChI=1S/C10H15NO4.C5H12O.C2H6/c12-7-11-6-10(5-9(14)15)3-1-8(13)2-4-10;1-5(2,3)6-4;1-2/h7H,1-6H2,(H,11,12)(H,14,15);1-4H3;1-2H3. The summed E-state index contributed by atoms with van der Waals surface area (Å²) in [6.07, 6.45) is 2.54. The Morgan fingerprint density at radius 3 is 2.04 bits per heavy atom. The molecule has 0 saturated heterocycles. The minimum atomic E-state index is -0.878. The summed E-state index contributed by atoms with van der Waals surface area (Å²) in [4.78, 5) is 32.0. The van der Waals surface area contributed by atoms with Gasteiger partial charge < -0.3 is 15.2 Å². The first-order valence-electron chi connectivity index (χ1n) is 8.10. The summed E-state index contributed by atoms with van der Waals surface area (Å²) in [6.45, 7) is 10.4. The maximum atomic E-state index is 11.1. The van der Waals surface area contributed by atoms with E-state index in [-0.39, 0.29) is 17.8 Å². The molecule has 0 radical (unpaired) electrons. The van der Waals surface area contributed by atoms with Gasteiger partial charge in [-0.1, -0.05) is 13.8 Å². The molecule has 6 nitrogen and oxygen atoms in total. The van der Waals surface area contributed by atoms with Crippen molar-refractivity contribution in [1.82, 2.24) is 5.32 Å². The van der Waals surface area contributed by atoms with Gasteiger partial charge >= 0.3 is 5.97 Å². The van der Waals surface area contributed by atoms with E-state index < -0.39 is 11.4 Å². The molecular formula is C17H33NO5. The second-order valence-corrected chi connectivity index (χ2v) is 6.42. The van der Waals surface area contributed by atoms with Gasteiger partial charge in [0.2, 0.25) is 6.41 Å². The molecule has 1 rings (SSSR count). The summed E-state index contributed by atoms with van der Waals surface area (Å²) in [5.41, 5.74) is -0.388. The van der Waals surface area contributed by atoms with Crippen LogP contribution in [-0.4, -0.2) is 42.5 Å². The highest BCUT2D eigenvalue weighted by atomic mass is 16.5. The van der Waals surface area contributed by atoms with Gasteiger partial charge in [-0.25, -0.2) is 0 Å². The summed E-state index contributed by atoms with van der Waals surface area (Å²) in [7, 11) is 1.71. The second kappa shape index (κ2) is 12.0. The van der Waals surface area contributed by atoms with E-state index in [0.29, 0.717) is 38.6 Å². The minimum Gasteiger partial charge on any atom is -0.481 e. The highest BCUT2D eigenvalue weighted by Gasteiger charge is 2.36. The first-order chi connectivity index (χ1) is 10.6. The van der Waals surface area contributed by atoms with Crippen molar-refractivity contribution < 1.29 is 24.2 Å². The fourth-order valence-electron chi connectivity index (χ4n) is 2.05. The van der Waals surface area contributed by atoms with E-state index in [1.165, 1.54) is 0 Å². The van der Waals surface area contributed by atoms with Crippen LogP contribution in [0.15, 0.2) is 0 Å². The fraction of sp³-hybridized carbons (Fsp3) is 0.824. The molecule has 0 spiro atoms. The van der Waals surface area contributed by atoms with Gasteiger partial charge in [-0.3, -0.25) is 14.4 Å². The summed E-state index contributed by atoms with van der Waals surface area (Å²) < 4.78 is 4.94. The molecule has 0 aromatic rings. The number of ether oxygens (including phenoxy) is 1. The molecule has 0 bridgehead atoms. The maximum absolute atomic E-state index is 11.1. The van der Waals surface area contributed by atoms with Crippen LogP contribution in [0.4, 0.5) is 0 Å². The number of rotatable bonds is 5. The first kappa shape index (κ1) is 23.8. The molecule has 1 aliphatic carbocycles. The first-order valence-corrected chi connectivity index (χ1v) is 8.10. The Bertz CT molecular complexity index is 345. The third-order valence-electron chi connectivity index (χ3n) is 3.57. The maximum Gasteiger partial charge on any atom is 0.303 e. The molecule has 136 valence electrons. The molecule has 0 aliphatic heterocycles. The van der Waals surface area contributed by atoms with Gasteiger partial charge in [-0.05, 0) is 39.0 Å². The van der Waals surface area contributed by atoms with Gasteiger partial charge in [0.15, 0.2) is 0 Å². The third kappa shape index (κ3) is 12.8. The van der Waals surface area contributed by atoms with Crippen molar-refractivity contribution in [2.24, 2.45) is 5.41 Å². The zero-order valence-corrected chi connectivity index (χ0v) is 15.4. The lowest BCUT2D eigenvalue weighted by Gasteiger charge is -2.35. The number of carbonyl (C=O) groups is 3. The Labute approximate surface area is 140 Å². The van der Waals surface area contributed by atoms with Crippen LogP contribution in [0.25, 0.3) is 0 Å². The normalized spacial score (nSPS) is 16.2. The van der Waals surface area contributed by atoms with Crippen LogP contribution in [0.2, 0.25) is 0 Å². The number of aliphatic carboxylic acids is 1. The molecule has 1 fully saturated rings. The molecule has 0 aromatic heterocycles. The van der Waals surface area contributed by atoms with Crippen LogP contribution in [0.5, 0.6) is 0 Å². The monoisotopic (exact) mass is 331 g/mol. The molecule has 0 heterocycles. The van der Waals surface area contributed by atoms with Crippen molar-refractivity contribution >= 4 is 18.2 Å². The highest BCUT2D eigenvalue weighted by Crippen LogP contribution is 2.37. The number of amides is 1. The molecule has 1 saturated carbocycles. The lowest BCUT2D eigenvalue weighted by Crippen LogP contribution is -2.39. The minimum absolute atomic E-state index is 0.0150. The van der Waals surface area contributed by atoms with E-state index in [4.69, 9.17) is 9.84 Å². The van der Waals surface area contributed by atoms with Crippen molar-refractivity contribution in [3.63, 3.8) is 0 Å². The number of hydrogen-bond acceptors (Lipinski definition) is 4. The van der Waals surface area contributed by atoms with Gasteiger partial charge in [0.25, 0.3) is 0 Å². The number of nitrogens with one attached hydrogen (secondary N) is 1. The van der Waals surface area contributed by atoms with Crippen molar-refractivity contribution in [3.05, 3.63) is 0 Å². The summed E-state index contributed by atoms with van der Waals surface area (Å²) in [5, 5.41) is 11.3. The predicted molar refractivity (Wildman–Crippen MR) is 90.3 cm³/mol. The van der Waals surface area contributed by atoms with E-state index in [1.54, 1.807) is 7.11 Å². The molecule has 2 N–H and O–H groups in total. The van der Waals surface area contributed by atoms with Crippen LogP contribution in [0.3, 0.4) is 0 Å². The fourth-order valence-corrected chi connectivity index (χ4v) is 2.05. The Hall–Kier alpha value is -1.43. The summed E-state index contributed by atoms with van der Waals surface area (Å²) in [6, 6.07) is 0. The van der Waals surface area contributed by atoms with Gasteiger partial charge in [-0.2, -0.15) is 0 Å². The Kier molecular flexibility index (Phi) is 12.5. The predicted octanol–water partition coefficient (Wildman–Crippen LogP) is 2.79. The van der Waals surface area contributed by atoms with Crippen LogP contribution >= 0.6 is 0 Å². The van der Waals surface area contributed by atoms with E-state index in [0.717, 1.165) is 0 Å². The molecular weight excluding hydrogens is 298 g/mol. The van der Waals surface area contributed by atoms with Crippen molar-refractivity contribution in [2.75, 3.05) is 13.7 Å². The lowest BCUT2D eigenvalue weighted by molar-refractivity contribution is -0.141. The summed E-state index contributed by atoms with van der Waals surface area (Å²) >= 11 is 0. The lowest BCUT2D eigenvalue weighted by atomic mass is 9.71. The van der Waals surface area contributed by atoms with E-state index >= 15 is 0 Å². The molecule has 6 heteroatoms. The Morgan fingerprint density at radius 2 is 1.74 bits per heavy atom. The third-order valence-corrected chi connectivity index (χ3v) is 3.57. The van der Waals surface area contributed by atoms with Crippen LogP contribution in [-0.2, 0) is 19.1 Å². The molecule has 0 unspecified atom stereocenters.